The lowest BCUT2D eigenvalue weighted by atomic mass is 10.1. The second-order valence-electron chi connectivity index (χ2n) is 5.14. The number of carbonyl (C=O) groups excluding carboxylic acids is 1. The zero-order chi connectivity index (χ0) is 18.7. The number of carbonyl (C=O) groups is 1. The topological polar surface area (TPSA) is 94.4 Å². The molecule has 0 spiro atoms. The third kappa shape index (κ3) is 3.81. The number of nitro benzene ring substituents is 1. The fourth-order valence-electron chi connectivity index (χ4n) is 2.24. The van der Waals surface area contributed by atoms with Crippen LogP contribution in [0.2, 0.25) is 5.02 Å². The summed E-state index contributed by atoms with van der Waals surface area (Å²) in [7, 11) is 1.47. The summed E-state index contributed by atoms with van der Waals surface area (Å²) in [6, 6.07) is 10.8. The van der Waals surface area contributed by atoms with Gasteiger partial charge in [0, 0.05) is 28.1 Å². The molecule has 1 heterocycles. The Morgan fingerprint density at radius 1 is 1.27 bits per heavy atom. The van der Waals surface area contributed by atoms with E-state index in [1.54, 1.807) is 29.6 Å². The van der Waals surface area contributed by atoms with Crippen molar-refractivity contribution in [3.8, 4) is 17.0 Å². The van der Waals surface area contributed by atoms with Crippen molar-refractivity contribution in [2.75, 3.05) is 12.4 Å². The Hall–Kier alpha value is -2.97. The molecule has 0 saturated carbocycles. The standard InChI is InChI=1S/C17H12ClN3O4S/c1-25-15-7-4-11(18)8-13(15)16(22)20-17-19-14(9-26-17)10-2-5-12(6-3-10)21(23)24/h2-9H,1H3,(H,19,20,22). The molecule has 3 rings (SSSR count). The Bertz CT molecular complexity index is 972. The van der Waals surface area contributed by atoms with Gasteiger partial charge < -0.3 is 4.74 Å². The van der Waals surface area contributed by atoms with E-state index in [0.29, 0.717) is 32.7 Å². The smallest absolute Gasteiger partial charge is 0.269 e. The van der Waals surface area contributed by atoms with Crippen molar-refractivity contribution in [1.82, 2.24) is 4.98 Å². The SMILES string of the molecule is COc1ccc(Cl)cc1C(=O)Nc1nc(-c2ccc([N+](=O)[O-])cc2)cs1. The van der Waals surface area contributed by atoms with Gasteiger partial charge in [-0.2, -0.15) is 0 Å². The van der Waals surface area contributed by atoms with Crippen LogP contribution in [0.1, 0.15) is 10.4 Å². The summed E-state index contributed by atoms with van der Waals surface area (Å²) in [4.78, 5) is 27.0. The van der Waals surface area contributed by atoms with Gasteiger partial charge in [0.2, 0.25) is 0 Å². The second-order valence-corrected chi connectivity index (χ2v) is 6.44. The van der Waals surface area contributed by atoms with Crippen molar-refractivity contribution in [3.63, 3.8) is 0 Å². The number of nitrogens with one attached hydrogen (secondary N) is 1. The van der Waals surface area contributed by atoms with Crippen LogP contribution in [0, 0.1) is 10.1 Å². The number of anilines is 1. The highest BCUT2D eigenvalue weighted by atomic mass is 35.5. The number of benzene rings is 2. The lowest BCUT2D eigenvalue weighted by molar-refractivity contribution is -0.384. The lowest BCUT2D eigenvalue weighted by Gasteiger charge is -2.08. The van der Waals surface area contributed by atoms with Gasteiger partial charge in [0.1, 0.15) is 5.75 Å². The molecule has 0 aliphatic carbocycles. The van der Waals surface area contributed by atoms with E-state index < -0.39 is 10.8 Å². The summed E-state index contributed by atoms with van der Waals surface area (Å²) in [6.07, 6.45) is 0. The fourth-order valence-corrected chi connectivity index (χ4v) is 3.13. The molecule has 132 valence electrons. The molecule has 3 aromatic rings. The van der Waals surface area contributed by atoms with Crippen LogP contribution in [0.25, 0.3) is 11.3 Å². The van der Waals surface area contributed by atoms with Gasteiger partial charge in [-0.25, -0.2) is 4.98 Å². The van der Waals surface area contributed by atoms with Crippen LogP contribution in [-0.4, -0.2) is 22.9 Å². The molecule has 0 radical (unpaired) electrons. The number of hydrogen-bond acceptors (Lipinski definition) is 6. The maximum Gasteiger partial charge on any atom is 0.269 e. The predicted octanol–water partition coefficient (Wildman–Crippen LogP) is 4.63. The average molecular weight is 390 g/mol. The Morgan fingerprint density at radius 3 is 2.65 bits per heavy atom. The molecule has 0 fully saturated rings. The third-order valence-electron chi connectivity index (χ3n) is 3.50. The van der Waals surface area contributed by atoms with Gasteiger partial charge in [0.25, 0.3) is 11.6 Å². The molecule has 1 N–H and O–H groups in total. The number of ether oxygens (including phenoxy) is 1. The number of methoxy groups -OCH3 is 1. The number of aromatic nitrogens is 1. The molecular weight excluding hydrogens is 378 g/mol. The molecule has 0 aliphatic rings. The van der Waals surface area contributed by atoms with Crippen LogP contribution < -0.4 is 10.1 Å². The van der Waals surface area contributed by atoms with Gasteiger partial charge in [-0.1, -0.05) is 11.6 Å². The number of non-ortho nitro benzene ring substituents is 1. The zero-order valence-electron chi connectivity index (χ0n) is 13.4. The van der Waals surface area contributed by atoms with E-state index >= 15 is 0 Å². The van der Waals surface area contributed by atoms with Crippen LogP contribution in [0.15, 0.2) is 47.8 Å². The third-order valence-corrected chi connectivity index (χ3v) is 4.50. The van der Waals surface area contributed by atoms with Gasteiger partial charge in [-0.15, -0.1) is 11.3 Å². The van der Waals surface area contributed by atoms with Crippen LogP contribution in [-0.2, 0) is 0 Å². The fraction of sp³-hybridized carbons (Fsp3) is 0.0588. The van der Waals surface area contributed by atoms with E-state index in [-0.39, 0.29) is 5.69 Å². The van der Waals surface area contributed by atoms with E-state index in [4.69, 9.17) is 16.3 Å². The van der Waals surface area contributed by atoms with Crippen molar-refractivity contribution < 1.29 is 14.5 Å². The Labute approximate surface area is 157 Å². The maximum atomic E-state index is 12.5. The zero-order valence-corrected chi connectivity index (χ0v) is 15.0. The second kappa shape index (κ2) is 7.51. The summed E-state index contributed by atoms with van der Waals surface area (Å²) in [5, 5.41) is 16.0. The van der Waals surface area contributed by atoms with Gasteiger partial charge >= 0.3 is 0 Å². The largest absolute Gasteiger partial charge is 0.496 e. The minimum Gasteiger partial charge on any atom is -0.496 e. The average Bonchev–Trinajstić information content (AvgIpc) is 3.10. The molecule has 0 aliphatic heterocycles. The van der Waals surface area contributed by atoms with Crippen molar-refractivity contribution >= 4 is 39.7 Å². The number of halogens is 1. The quantitative estimate of drug-likeness (QED) is 0.507. The number of thiazole rings is 1. The molecule has 0 unspecified atom stereocenters. The molecule has 0 bridgehead atoms. The maximum absolute atomic E-state index is 12.5. The Morgan fingerprint density at radius 2 is 2.00 bits per heavy atom. The molecule has 1 aromatic heterocycles. The van der Waals surface area contributed by atoms with Crippen LogP contribution in [0.5, 0.6) is 5.75 Å². The molecule has 7 nitrogen and oxygen atoms in total. The normalized spacial score (nSPS) is 10.4. The van der Waals surface area contributed by atoms with E-state index in [2.05, 4.69) is 10.3 Å². The van der Waals surface area contributed by atoms with Crippen molar-refractivity contribution in [2.45, 2.75) is 0 Å². The molecule has 0 saturated heterocycles. The monoisotopic (exact) mass is 389 g/mol. The summed E-state index contributed by atoms with van der Waals surface area (Å²) < 4.78 is 5.17. The lowest BCUT2D eigenvalue weighted by Crippen LogP contribution is -2.13. The number of hydrogen-bond donors (Lipinski definition) is 1. The number of rotatable bonds is 5. The van der Waals surface area contributed by atoms with E-state index in [0.717, 1.165) is 0 Å². The summed E-state index contributed by atoms with van der Waals surface area (Å²) in [5.74, 6) is 0.00741. The van der Waals surface area contributed by atoms with Crippen LogP contribution in [0.4, 0.5) is 10.8 Å². The number of nitrogens with zero attached hydrogens (tertiary/aromatic N) is 2. The number of nitro groups is 1. The highest BCUT2D eigenvalue weighted by molar-refractivity contribution is 7.14. The summed E-state index contributed by atoms with van der Waals surface area (Å²) in [6.45, 7) is 0. The van der Waals surface area contributed by atoms with E-state index in [1.807, 2.05) is 0 Å². The first-order valence-electron chi connectivity index (χ1n) is 7.33. The first-order valence-corrected chi connectivity index (χ1v) is 8.59. The van der Waals surface area contributed by atoms with Crippen LogP contribution >= 0.6 is 22.9 Å². The molecular formula is C17H12ClN3O4S. The van der Waals surface area contributed by atoms with Gasteiger partial charge in [0.15, 0.2) is 5.13 Å². The van der Waals surface area contributed by atoms with Gasteiger partial charge in [-0.3, -0.25) is 20.2 Å². The first-order chi connectivity index (χ1) is 12.5. The summed E-state index contributed by atoms with van der Waals surface area (Å²) >= 11 is 7.19. The summed E-state index contributed by atoms with van der Waals surface area (Å²) in [5.41, 5.74) is 1.63. The predicted molar refractivity (Wildman–Crippen MR) is 100 cm³/mol. The molecule has 1 amide bonds. The first kappa shape index (κ1) is 17.8. The van der Waals surface area contributed by atoms with Gasteiger partial charge in [-0.05, 0) is 30.3 Å². The molecule has 26 heavy (non-hydrogen) atoms. The molecule has 2 aromatic carbocycles. The number of amides is 1. The molecule has 0 atom stereocenters. The van der Waals surface area contributed by atoms with Gasteiger partial charge in [0.05, 0.1) is 23.3 Å². The minimum absolute atomic E-state index is 0.00515. The van der Waals surface area contributed by atoms with Crippen LogP contribution in [0.3, 0.4) is 0 Å². The minimum atomic E-state index is -0.463. The Kier molecular flexibility index (Phi) is 5.15. The van der Waals surface area contributed by atoms with E-state index in [1.165, 1.54) is 36.6 Å². The Balaban J connectivity index is 1.79. The highest BCUT2D eigenvalue weighted by Gasteiger charge is 2.15. The molecule has 9 heteroatoms. The van der Waals surface area contributed by atoms with Crippen molar-refractivity contribution in [1.29, 1.82) is 0 Å². The van der Waals surface area contributed by atoms with Crippen molar-refractivity contribution in [2.24, 2.45) is 0 Å². The van der Waals surface area contributed by atoms with E-state index in [9.17, 15) is 14.9 Å². The highest BCUT2D eigenvalue weighted by Crippen LogP contribution is 2.28. The van der Waals surface area contributed by atoms with Crippen molar-refractivity contribution in [3.05, 3.63) is 68.5 Å².